The summed E-state index contributed by atoms with van der Waals surface area (Å²) < 4.78 is 12.0. The molecule has 4 heterocycles. The van der Waals surface area contributed by atoms with Gasteiger partial charge in [-0.1, -0.05) is 141 Å². The summed E-state index contributed by atoms with van der Waals surface area (Å²) >= 11 is 0. The van der Waals surface area contributed by atoms with Crippen LogP contribution in [0.2, 0.25) is 0 Å². The van der Waals surface area contributed by atoms with E-state index in [9.17, 15) is 19.2 Å². The van der Waals surface area contributed by atoms with E-state index < -0.39 is 35.6 Å². The molecule has 310 valence electrons. The summed E-state index contributed by atoms with van der Waals surface area (Å²) in [5.74, 6) is -2.97. The molecule has 6 atom stereocenters. The minimum Gasteiger partial charge on any atom is -0.426 e. The maximum absolute atomic E-state index is 14.6. The number of carbonyl (C=O) groups is 4. The number of benzene rings is 3. The summed E-state index contributed by atoms with van der Waals surface area (Å²) in [6.07, 6.45) is 18.3. The second kappa shape index (κ2) is 19.1. The number of esters is 2. The van der Waals surface area contributed by atoms with E-state index in [0.717, 1.165) is 86.7 Å². The molecule has 8 heteroatoms. The smallest absolute Gasteiger partial charge is 0.320 e. The number of carbonyl (C=O) groups excluding carboxylic acids is 4. The van der Waals surface area contributed by atoms with Crippen molar-refractivity contribution < 1.29 is 28.7 Å². The molecule has 2 amide bonds. The van der Waals surface area contributed by atoms with Crippen LogP contribution in [0.5, 0.6) is 11.5 Å². The summed E-state index contributed by atoms with van der Waals surface area (Å²) in [6, 6.07) is 19.1. The molecule has 58 heavy (non-hydrogen) atoms. The van der Waals surface area contributed by atoms with Crippen LogP contribution in [-0.2, 0) is 19.2 Å². The third-order valence-corrected chi connectivity index (χ3v) is 13.3. The van der Waals surface area contributed by atoms with E-state index in [2.05, 4.69) is 27.7 Å². The van der Waals surface area contributed by atoms with E-state index >= 15 is 0 Å². The lowest BCUT2D eigenvalue weighted by molar-refractivity contribution is -0.136. The molecule has 4 aliphatic heterocycles. The van der Waals surface area contributed by atoms with E-state index in [1.807, 2.05) is 58.3 Å². The molecule has 0 radical (unpaired) electrons. The quantitative estimate of drug-likeness (QED) is 0.0572. The van der Waals surface area contributed by atoms with Crippen molar-refractivity contribution in [3.63, 3.8) is 0 Å². The van der Waals surface area contributed by atoms with Gasteiger partial charge < -0.3 is 19.3 Å². The van der Waals surface area contributed by atoms with E-state index in [1.54, 1.807) is 12.1 Å². The van der Waals surface area contributed by atoms with Gasteiger partial charge in [0.05, 0.1) is 11.8 Å². The van der Waals surface area contributed by atoms with Gasteiger partial charge in [-0.25, -0.2) is 0 Å². The molecule has 0 spiro atoms. The van der Waals surface area contributed by atoms with E-state index in [1.165, 1.54) is 38.5 Å². The molecule has 0 fully saturated rings. The van der Waals surface area contributed by atoms with Gasteiger partial charge >= 0.3 is 11.9 Å². The van der Waals surface area contributed by atoms with Crippen molar-refractivity contribution in [3.8, 4) is 11.5 Å². The zero-order valence-corrected chi connectivity index (χ0v) is 35.3. The minimum absolute atomic E-state index is 0.0859. The van der Waals surface area contributed by atoms with Gasteiger partial charge in [-0.15, -0.1) is 0 Å². The Kier molecular flexibility index (Phi) is 13.7. The summed E-state index contributed by atoms with van der Waals surface area (Å²) in [5, 5.41) is 0. The maximum Gasteiger partial charge on any atom is 0.320 e. The third kappa shape index (κ3) is 8.35. The summed E-state index contributed by atoms with van der Waals surface area (Å²) in [7, 11) is 0. The number of hydrogen-bond acceptors (Lipinski definition) is 6. The predicted molar refractivity (Wildman–Crippen MR) is 230 cm³/mol. The second-order valence-electron chi connectivity index (χ2n) is 17.4. The Hall–Kier alpha value is -4.46. The van der Waals surface area contributed by atoms with Crippen LogP contribution in [0.25, 0.3) is 0 Å². The molecule has 4 aliphatic rings. The Labute approximate surface area is 346 Å². The fourth-order valence-electron chi connectivity index (χ4n) is 10.2. The zero-order chi connectivity index (χ0) is 40.8. The van der Waals surface area contributed by atoms with Crippen molar-refractivity contribution in [2.24, 2.45) is 11.8 Å². The van der Waals surface area contributed by atoms with Gasteiger partial charge in [0, 0.05) is 35.6 Å². The molecular weight excluding hydrogens is 725 g/mol. The van der Waals surface area contributed by atoms with E-state index in [-0.39, 0.29) is 11.8 Å². The lowest BCUT2D eigenvalue weighted by Crippen LogP contribution is -2.36. The van der Waals surface area contributed by atoms with Gasteiger partial charge in [0.2, 0.25) is 11.8 Å². The molecule has 0 aromatic heterocycles. The number of para-hydroxylation sites is 2. The number of rotatable bonds is 22. The van der Waals surface area contributed by atoms with Crippen LogP contribution < -0.4 is 19.3 Å². The standard InChI is InChI=1S/C50H64N2O6/c1-5-9-13-15-23-33(21-11-7-3)31-51-39-27-19-17-25-35(39)43(47(51)53)45-37-29-42-38(30-41(37)57-49(45)55)46(50(56)58-42)44-36-26-18-20-28-40(36)52(48(44)54)32-34(22-12-8-4)24-16-14-10-6-2/h17-20,25-30,33-34,43-46H,5-16,21-24,31-32H2,1-4H3. The number of nitrogens with zero attached hydrogens (tertiary/aromatic N) is 2. The molecular formula is C50H64N2O6. The molecule has 3 aromatic carbocycles. The maximum atomic E-state index is 14.6. The number of anilines is 2. The molecule has 3 aromatic rings. The third-order valence-electron chi connectivity index (χ3n) is 13.3. The van der Waals surface area contributed by atoms with Gasteiger partial charge in [-0.05, 0) is 72.9 Å². The molecule has 0 aliphatic carbocycles. The normalized spacial score (nSPS) is 21.5. The Balaban J connectivity index is 1.15. The van der Waals surface area contributed by atoms with Crippen LogP contribution in [-0.4, -0.2) is 36.8 Å². The van der Waals surface area contributed by atoms with E-state index in [4.69, 9.17) is 9.47 Å². The van der Waals surface area contributed by atoms with Crippen molar-refractivity contribution in [2.45, 2.75) is 154 Å². The fraction of sp³-hybridized carbons (Fsp3) is 0.560. The average molecular weight is 789 g/mol. The second-order valence-corrected chi connectivity index (χ2v) is 17.4. The molecule has 6 unspecified atom stereocenters. The van der Waals surface area contributed by atoms with Crippen molar-refractivity contribution in [2.75, 3.05) is 22.9 Å². The monoisotopic (exact) mass is 788 g/mol. The van der Waals surface area contributed by atoms with Gasteiger partial charge in [0.25, 0.3) is 0 Å². The topological polar surface area (TPSA) is 93.2 Å². The number of ether oxygens (including phenoxy) is 2. The number of hydrogen-bond donors (Lipinski definition) is 0. The van der Waals surface area contributed by atoms with Crippen LogP contribution in [0, 0.1) is 11.8 Å². The highest BCUT2D eigenvalue weighted by Gasteiger charge is 2.53. The SMILES string of the molecule is CCCCCCC(CCCC)CN1C(=O)C(C2C(=O)Oc3cc4c(cc32)OC(=O)C4C2C(=O)N(CC(CCCC)CCCCCC)c3ccccc32)c2ccccc21. The minimum atomic E-state index is -0.878. The van der Waals surface area contributed by atoms with Crippen molar-refractivity contribution >= 4 is 35.1 Å². The Morgan fingerprint density at radius 3 is 1.24 bits per heavy atom. The molecule has 0 saturated heterocycles. The Morgan fingerprint density at radius 1 is 0.466 bits per heavy atom. The average Bonchev–Trinajstić information content (AvgIpc) is 3.89. The van der Waals surface area contributed by atoms with Crippen LogP contribution in [0.15, 0.2) is 60.7 Å². The van der Waals surface area contributed by atoms with Gasteiger partial charge in [-0.3, -0.25) is 19.2 Å². The van der Waals surface area contributed by atoms with Crippen LogP contribution in [0.3, 0.4) is 0 Å². The lowest BCUT2D eigenvalue weighted by atomic mass is 9.80. The van der Waals surface area contributed by atoms with Crippen LogP contribution in [0.4, 0.5) is 11.4 Å². The first kappa shape index (κ1) is 41.7. The molecule has 0 bridgehead atoms. The predicted octanol–water partition coefficient (Wildman–Crippen LogP) is 11.5. The van der Waals surface area contributed by atoms with E-state index in [0.29, 0.717) is 47.6 Å². The lowest BCUT2D eigenvalue weighted by Gasteiger charge is -2.26. The fourth-order valence-corrected chi connectivity index (χ4v) is 10.2. The van der Waals surface area contributed by atoms with Crippen LogP contribution in [0.1, 0.15) is 176 Å². The summed E-state index contributed by atoms with van der Waals surface area (Å²) in [6.45, 7) is 10.1. The summed E-state index contributed by atoms with van der Waals surface area (Å²) in [5.41, 5.74) is 4.49. The van der Waals surface area contributed by atoms with Gasteiger partial charge in [-0.2, -0.15) is 0 Å². The number of amides is 2. The molecule has 0 saturated carbocycles. The van der Waals surface area contributed by atoms with Crippen molar-refractivity contribution in [1.29, 1.82) is 0 Å². The molecule has 8 nitrogen and oxygen atoms in total. The van der Waals surface area contributed by atoms with Gasteiger partial charge in [0.1, 0.15) is 23.3 Å². The largest absolute Gasteiger partial charge is 0.426 e. The highest BCUT2D eigenvalue weighted by molar-refractivity contribution is 6.10. The first-order valence-corrected chi connectivity index (χ1v) is 22.7. The number of unbranched alkanes of at least 4 members (excludes halogenated alkanes) is 8. The van der Waals surface area contributed by atoms with Crippen molar-refractivity contribution in [3.05, 3.63) is 82.9 Å². The first-order valence-electron chi connectivity index (χ1n) is 22.7. The first-order chi connectivity index (χ1) is 28.3. The van der Waals surface area contributed by atoms with Gasteiger partial charge in [0.15, 0.2) is 0 Å². The van der Waals surface area contributed by atoms with Crippen molar-refractivity contribution in [1.82, 2.24) is 0 Å². The van der Waals surface area contributed by atoms with Crippen LogP contribution >= 0.6 is 0 Å². The Morgan fingerprint density at radius 2 is 0.845 bits per heavy atom. The molecule has 7 rings (SSSR count). The highest BCUT2D eigenvalue weighted by Crippen LogP contribution is 2.56. The summed E-state index contributed by atoms with van der Waals surface area (Å²) in [4.78, 5) is 61.0. The number of fused-ring (bicyclic) bond motifs is 4. The zero-order valence-electron chi connectivity index (χ0n) is 35.3. The highest BCUT2D eigenvalue weighted by atomic mass is 16.5. The Bertz CT molecular complexity index is 1820. The molecule has 0 N–H and O–H groups in total.